The number of carbonyl (C=O) groups is 1. The van der Waals surface area contributed by atoms with E-state index in [1.807, 2.05) is 17.8 Å². The zero-order valence-corrected chi connectivity index (χ0v) is 9.90. The zero-order valence-electron chi connectivity index (χ0n) is 9.90. The van der Waals surface area contributed by atoms with E-state index in [-0.39, 0.29) is 11.7 Å². The predicted molar refractivity (Wildman–Crippen MR) is 60.2 cm³/mol. The molecule has 2 heterocycles. The molecule has 0 saturated carbocycles. The number of carbonyl (C=O) groups excluding carboxylic acids is 1. The molecule has 0 aromatic carbocycles. The van der Waals surface area contributed by atoms with Crippen molar-refractivity contribution in [1.29, 1.82) is 0 Å². The molecule has 1 aromatic rings. The first-order valence-electron chi connectivity index (χ1n) is 5.83. The van der Waals surface area contributed by atoms with Gasteiger partial charge in [0.1, 0.15) is 5.78 Å². The van der Waals surface area contributed by atoms with Crippen molar-refractivity contribution in [3.05, 3.63) is 17.5 Å². The van der Waals surface area contributed by atoms with Crippen LogP contribution >= 0.6 is 0 Å². The maximum atomic E-state index is 11.9. The van der Waals surface area contributed by atoms with Crippen molar-refractivity contribution >= 4 is 5.78 Å². The van der Waals surface area contributed by atoms with Gasteiger partial charge in [0.25, 0.3) is 0 Å². The van der Waals surface area contributed by atoms with Crippen molar-refractivity contribution in [2.24, 2.45) is 13.0 Å². The third kappa shape index (κ3) is 2.32. The van der Waals surface area contributed by atoms with Gasteiger partial charge >= 0.3 is 0 Å². The molecule has 1 atom stereocenters. The molecule has 0 amide bonds. The quantitative estimate of drug-likeness (QED) is 0.767. The molecule has 2 rings (SSSR count). The highest BCUT2D eigenvalue weighted by molar-refractivity contribution is 5.83. The van der Waals surface area contributed by atoms with Gasteiger partial charge in [0, 0.05) is 31.7 Å². The van der Waals surface area contributed by atoms with Gasteiger partial charge < -0.3 is 4.74 Å². The number of hydrogen-bond acceptors (Lipinski definition) is 3. The van der Waals surface area contributed by atoms with Crippen LogP contribution in [0.4, 0.5) is 0 Å². The lowest BCUT2D eigenvalue weighted by Gasteiger charge is -2.06. The van der Waals surface area contributed by atoms with Crippen LogP contribution < -0.4 is 0 Å². The molecule has 4 heteroatoms. The maximum Gasteiger partial charge on any atom is 0.144 e. The molecular weight excluding hydrogens is 204 g/mol. The second-order valence-electron chi connectivity index (χ2n) is 4.31. The Morgan fingerprint density at radius 3 is 3.06 bits per heavy atom. The van der Waals surface area contributed by atoms with Gasteiger partial charge in [-0.05, 0) is 18.9 Å². The molecule has 0 N–H and O–H groups in total. The van der Waals surface area contributed by atoms with Gasteiger partial charge in [-0.2, -0.15) is 5.10 Å². The van der Waals surface area contributed by atoms with E-state index < -0.39 is 0 Å². The summed E-state index contributed by atoms with van der Waals surface area (Å²) in [5.41, 5.74) is 2.06. The predicted octanol–water partition coefficient (Wildman–Crippen LogP) is 1.13. The van der Waals surface area contributed by atoms with Crippen LogP contribution in [0.5, 0.6) is 0 Å². The standard InChI is InChI=1S/C12H18N2O2/c1-3-10-6-11(14(2)13-10)7-12(15)9-4-5-16-8-9/h6,9H,3-5,7-8H2,1-2H3. The molecule has 1 fully saturated rings. The number of nitrogens with zero attached hydrogens (tertiary/aromatic N) is 2. The molecule has 88 valence electrons. The molecule has 0 spiro atoms. The van der Waals surface area contributed by atoms with Gasteiger partial charge in [0.15, 0.2) is 0 Å². The number of rotatable bonds is 4. The van der Waals surface area contributed by atoms with Crippen LogP contribution in [-0.4, -0.2) is 28.8 Å². The SMILES string of the molecule is CCc1cc(CC(=O)C2CCOC2)n(C)n1. The average Bonchev–Trinajstić information content (AvgIpc) is 2.88. The Bertz CT molecular complexity index is 378. The summed E-state index contributed by atoms with van der Waals surface area (Å²) in [6.45, 7) is 3.39. The van der Waals surface area contributed by atoms with E-state index in [0.717, 1.165) is 30.8 Å². The fourth-order valence-electron chi connectivity index (χ4n) is 2.02. The van der Waals surface area contributed by atoms with Gasteiger partial charge in [0.2, 0.25) is 0 Å². The molecule has 1 aromatic heterocycles. The topological polar surface area (TPSA) is 44.1 Å². The van der Waals surface area contributed by atoms with E-state index in [1.165, 1.54) is 0 Å². The minimum Gasteiger partial charge on any atom is -0.381 e. The van der Waals surface area contributed by atoms with Crippen LogP contribution in [0.2, 0.25) is 0 Å². The van der Waals surface area contributed by atoms with E-state index in [4.69, 9.17) is 4.74 Å². The van der Waals surface area contributed by atoms with Crippen molar-refractivity contribution in [3.8, 4) is 0 Å². The first-order chi connectivity index (χ1) is 7.70. The van der Waals surface area contributed by atoms with Crippen LogP contribution in [-0.2, 0) is 29.4 Å². The lowest BCUT2D eigenvalue weighted by Crippen LogP contribution is -2.18. The smallest absolute Gasteiger partial charge is 0.144 e. The van der Waals surface area contributed by atoms with Crippen molar-refractivity contribution in [2.75, 3.05) is 13.2 Å². The van der Waals surface area contributed by atoms with Crippen LogP contribution in [0.25, 0.3) is 0 Å². The minimum atomic E-state index is 0.0972. The second-order valence-corrected chi connectivity index (χ2v) is 4.31. The Labute approximate surface area is 95.6 Å². The highest BCUT2D eigenvalue weighted by atomic mass is 16.5. The van der Waals surface area contributed by atoms with Crippen molar-refractivity contribution in [1.82, 2.24) is 9.78 Å². The van der Waals surface area contributed by atoms with Gasteiger partial charge in [-0.3, -0.25) is 9.48 Å². The van der Waals surface area contributed by atoms with Crippen LogP contribution in [0.1, 0.15) is 24.7 Å². The van der Waals surface area contributed by atoms with Crippen molar-refractivity contribution in [2.45, 2.75) is 26.2 Å². The minimum absolute atomic E-state index is 0.0972. The van der Waals surface area contributed by atoms with E-state index >= 15 is 0 Å². The molecular formula is C12H18N2O2. The number of aromatic nitrogens is 2. The summed E-state index contributed by atoms with van der Waals surface area (Å²) >= 11 is 0. The first-order valence-corrected chi connectivity index (χ1v) is 5.83. The lowest BCUT2D eigenvalue weighted by molar-refractivity contribution is -0.122. The summed E-state index contributed by atoms with van der Waals surface area (Å²) in [6.07, 6.45) is 2.27. The fraction of sp³-hybridized carbons (Fsp3) is 0.667. The lowest BCUT2D eigenvalue weighted by atomic mass is 9.99. The Balaban J connectivity index is 2.02. The molecule has 1 unspecified atom stereocenters. The van der Waals surface area contributed by atoms with E-state index in [1.54, 1.807) is 0 Å². The highest BCUT2D eigenvalue weighted by Crippen LogP contribution is 2.16. The van der Waals surface area contributed by atoms with Gasteiger partial charge in [-0.25, -0.2) is 0 Å². The van der Waals surface area contributed by atoms with E-state index in [9.17, 15) is 4.79 Å². The number of Topliss-reactive ketones (excluding diaryl/α,β-unsaturated/α-hetero) is 1. The maximum absolute atomic E-state index is 11.9. The van der Waals surface area contributed by atoms with Crippen molar-refractivity contribution in [3.63, 3.8) is 0 Å². The van der Waals surface area contributed by atoms with Gasteiger partial charge in [-0.15, -0.1) is 0 Å². The monoisotopic (exact) mass is 222 g/mol. The molecule has 16 heavy (non-hydrogen) atoms. The molecule has 4 nitrogen and oxygen atoms in total. The molecule has 0 bridgehead atoms. The Hall–Kier alpha value is -1.16. The third-order valence-corrected chi connectivity index (χ3v) is 3.13. The Morgan fingerprint density at radius 2 is 2.50 bits per heavy atom. The van der Waals surface area contributed by atoms with E-state index in [0.29, 0.717) is 13.0 Å². The second kappa shape index (κ2) is 4.78. The van der Waals surface area contributed by atoms with Crippen LogP contribution in [0.15, 0.2) is 6.07 Å². The average molecular weight is 222 g/mol. The number of ketones is 1. The van der Waals surface area contributed by atoms with Gasteiger partial charge in [0.05, 0.1) is 12.3 Å². The summed E-state index contributed by atoms with van der Waals surface area (Å²) in [6, 6.07) is 2.02. The van der Waals surface area contributed by atoms with Crippen LogP contribution in [0.3, 0.4) is 0 Å². The largest absolute Gasteiger partial charge is 0.381 e. The summed E-state index contributed by atoms with van der Waals surface area (Å²) in [5.74, 6) is 0.378. The number of ether oxygens (including phenoxy) is 1. The molecule has 0 aliphatic carbocycles. The molecule has 0 radical (unpaired) electrons. The Morgan fingerprint density at radius 1 is 1.69 bits per heavy atom. The molecule has 1 saturated heterocycles. The summed E-state index contributed by atoms with van der Waals surface area (Å²) in [4.78, 5) is 11.9. The molecule has 1 aliphatic heterocycles. The number of aryl methyl sites for hydroxylation is 2. The first kappa shape index (κ1) is 11.3. The highest BCUT2D eigenvalue weighted by Gasteiger charge is 2.24. The summed E-state index contributed by atoms with van der Waals surface area (Å²) < 4.78 is 7.04. The summed E-state index contributed by atoms with van der Waals surface area (Å²) in [5, 5.41) is 4.34. The zero-order chi connectivity index (χ0) is 11.5. The van der Waals surface area contributed by atoms with Crippen molar-refractivity contribution < 1.29 is 9.53 Å². The van der Waals surface area contributed by atoms with Gasteiger partial charge in [-0.1, -0.05) is 6.92 Å². The Kier molecular flexibility index (Phi) is 3.39. The van der Waals surface area contributed by atoms with Crippen LogP contribution in [0, 0.1) is 5.92 Å². The summed E-state index contributed by atoms with van der Waals surface area (Å²) in [7, 11) is 1.90. The third-order valence-electron chi connectivity index (χ3n) is 3.13. The molecule has 1 aliphatic rings. The normalized spacial score (nSPS) is 20.2. The number of hydrogen-bond donors (Lipinski definition) is 0. The fourth-order valence-corrected chi connectivity index (χ4v) is 2.02. The van der Waals surface area contributed by atoms with E-state index in [2.05, 4.69) is 12.0 Å².